The van der Waals surface area contributed by atoms with Crippen molar-refractivity contribution in [3.8, 4) is 0 Å². The van der Waals surface area contributed by atoms with Crippen LogP contribution >= 0.6 is 0 Å². The molecule has 0 bridgehead atoms. The Bertz CT molecular complexity index is 1400. The molecule has 0 amide bonds. The maximum atomic E-state index is 6.47. The van der Waals surface area contributed by atoms with Crippen LogP contribution in [0.15, 0.2) is 97.1 Å². The van der Waals surface area contributed by atoms with Crippen LogP contribution in [-0.4, -0.2) is 6.54 Å². The smallest absolute Gasteiger partial charge is 0.0618 e. The molecule has 2 nitrogen and oxygen atoms in total. The summed E-state index contributed by atoms with van der Waals surface area (Å²) in [5, 5.41) is 5.05. The van der Waals surface area contributed by atoms with E-state index in [-0.39, 0.29) is 11.3 Å². The lowest BCUT2D eigenvalue weighted by Crippen LogP contribution is -2.26. The number of aryl methyl sites for hydroxylation is 2. The minimum Gasteiger partial charge on any atom is -0.330 e. The van der Waals surface area contributed by atoms with Crippen LogP contribution < -0.4 is 10.6 Å². The number of nitrogens with zero attached hydrogens (tertiary/aromatic N) is 1. The zero-order valence-electron chi connectivity index (χ0n) is 22.0. The van der Waals surface area contributed by atoms with Gasteiger partial charge in [0, 0.05) is 28.1 Å². The van der Waals surface area contributed by atoms with Gasteiger partial charge in [-0.1, -0.05) is 105 Å². The molecule has 2 heteroatoms. The molecule has 5 rings (SSSR count). The Morgan fingerprint density at radius 1 is 0.611 bits per heavy atom. The quantitative estimate of drug-likeness (QED) is 0.258. The highest BCUT2D eigenvalue weighted by atomic mass is 15.1. The first-order valence-electron chi connectivity index (χ1n) is 12.9. The molecule has 2 N–H and O–H groups in total. The summed E-state index contributed by atoms with van der Waals surface area (Å²) < 4.78 is 0. The van der Waals surface area contributed by atoms with Crippen LogP contribution in [0.5, 0.6) is 0 Å². The third-order valence-electron chi connectivity index (χ3n) is 7.38. The number of rotatable bonds is 5. The van der Waals surface area contributed by atoms with Gasteiger partial charge in [-0.2, -0.15) is 0 Å². The van der Waals surface area contributed by atoms with Gasteiger partial charge in [0.2, 0.25) is 0 Å². The molecule has 0 saturated heterocycles. The summed E-state index contributed by atoms with van der Waals surface area (Å²) in [4.78, 5) is 2.42. The lowest BCUT2D eigenvalue weighted by Gasteiger charge is -2.34. The topological polar surface area (TPSA) is 29.3 Å². The van der Waals surface area contributed by atoms with Crippen LogP contribution in [0.25, 0.3) is 21.5 Å². The van der Waals surface area contributed by atoms with Crippen molar-refractivity contribution >= 4 is 38.6 Å². The number of anilines is 3. The Morgan fingerprint density at radius 3 is 1.36 bits per heavy atom. The SMILES string of the molecule is Cc1ccc(N(c2ccc(C)cc2)c2c3ccccc3c(C(CN)C(C)(C)C)c3ccccc23)cc1. The van der Waals surface area contributed by atoms with Crippen LogP contribution in [0.2, 0.25) is 0 Å². The van der Waals surface area contributed by atoms with Crippen LogP contribution in [0.3, 0.4) is 0 Å². The van der Waals surface area contributed by atoms with Crippen molar-refractivity contribution in [2.75, 3.05) is 11.4 Å². The van der Waals surface area contributed by atoms with Gasteiger partial charge in [-0.05, 0) is 66.4 Å². The summed E-state index contributed by atoms with van der Waals surface area (Å²) >= 11 is 0. The van der Waals surface area contributed by atoms with Gasteiger partial charge in [0.05, 0.1) is 5.69 Å². The standard InChI is InChI=1S/C34H36N2/c1-23-14-18-25(19-15-23)36(26-20-16-24(2)17-21-26)33-29-12-8-6-10-27(29)32(31(22-35)34(3,4)5)28-11-7-9-13-30(28)33/h6-21,31H,22,35H2,1-5H3. The normalized spacial score (nSPS) is 12.7. The van der Waals surface area contributed by atoms with E-state index >= 15 is 0 Å². The van der Waals surface area contributed by atoms with Crippen molar-refractivity contribution < 1.29 is 0 Å². The van der Waals surface area contributed by atoms with Crippen LogP contribution in [0.4, 0.5) is 17.1 Å². The second-order valence-corrected chi connectivity index (χ2v) is 11.0. The maximum absolute atomic E-state index is 6.47. The number of hydrogen-bond acceptors (Lipinski definition) is 2. The number of nitrogens with two attached hydrogens (primary N) is 1. The zero-order chi connectivity index (χ0) is 25.4. The molecule has 0 aliphatic carbocycles. The van der Waals surface area contributed by atoms with Gasteiger partial charge in [0.15, 0.2) is 0 Å². The van der Waals surface area contributed by atoms with Gasteiger partial charge in [0.25, 0.3) is 0 Å². The fourth-order valence-corrected chi connectivity index (χ4v) is 5.45. The molecule has 0 aromatic heterocycles. The van der Waals surface area contributed by atoms with Gasteiger partial charge in [-0.15, -0.1) is 0 Å². The molecule has 1 atom stereocenters. The minimum absolute atomic E-state index is 0.0371. The molecule has 36 heavy (non-hydrogen) atoms. The lowest BCUT2D eigenvalue weighted by molar-refractivity contribution is 0.329. The van der Waals surface area contributed by atoms with E-state index in [0.717, 1.165) is 11.4 Å². The molecule has 0 aliphatic rings. The van der Waals surface area contributed by atoms with Gasteiger partial charge >= 0.3 is 0 Å². The molecule has 5 aromatic rings. The zero-order valence-corrected chi connectivity index (χ0v) is 22.0. The highest BCUT2D eigenvalue weighted by Gasteiger charge is 2.30. The first kappa shape index (κ1) is 24.1. The third-order valence-corrected chi connectivity index (χ3v) is 7.38. The minimum atomic E-state index is 0.0371. The van der Waals surface area contributed by atoms with Gasteiger partial charge in [0.1, 0.15) is 0 Å². The van der Waals surface area contributed by atoms with E-state index in [1.54, 1.807) is 0 Å². The second-order valence-electron chi connectivity index (χ2n) is 11.0. The van der Waals surface area contributed by atoms with Crippen LogP contribution in [0.1, 0.15) is 43.4 Å². The highest BCUT2D eigenvalue weighted by molar-refractivity contribution is 6.16. The van der Waals surface area contributed by atoms with E-state index < -0.39 is 0 Å². The summed E-state index contributed by atoms with van der Waals surface area (Å²) in [6, 6.07) is 35.4. The highest BCUT2D eigenvalue weighted by Crippen LogP contribution is 2.49. The van der Waals surface area contributed by atoms with E-state index in [1.165, 1.54) is 43.9 Å². The average molecular weight is 473 g/mol. The van der Waals surface area contributed by atoms with Gasteiger partial charge < -0.3 is 10.6 Å². The second kappa shape index (κ2) is 9.44. The molecule has 0 saturated carbocycles. The van der Waals surface area contributed by atoms with E-state index in [1.807, 2.05) is 0 Å². The number of benzene rings is 5. The summed E-state index contributed by atoms with van der Waals surface area (Å²) in [5.41, 5.74) is 13.9. The Morgan fingerprint density at radius 2 is 1.00 bits per heavy atom. The number of fused-ring (bicyclic) bond motifs is 2. The molecule has 0 spiro atoms. The predicted molar refractivity (Wildman–Crippen MR) is 157 cm³/mol. The Labute approximate surface area is 215 Å². The molecule has 1 unspecified atom stereocenters. The molecule has 0 radical (unpaired) electrons. The van der Waals surface area contributed by atoms with E-state index in [0.29, 0.717) is 6.54 Å². The van der Waals surface area contributed by atoms with Crippen molar-refractivity contribution in [2.24, 2.45) is 11.1 Å². The Hall–Kier alpha value is -3.62. The third kappa shape index (κ3) is 4.27. The Kier molecular flexibility index (Phi) is 6.32. The largest absolute Gasteiger partial charge is 0.330 e. The van der Waals surface area contributed by atoms with Crippen molar-refractivity contribution in [3.63, 3.8) is 0 Å². The van der Waals surface area contributed by atoms with Crippen LogP contribution in [-0.2, 0) is 0 Å². The molecule has 0 aliphatic heterocycles. The first-order chi connectivity index (χ1) is 17.3. The molecular weight excluding hydrogens is 436 g/mol. The van der Waals surface area contributed by atoms with Gasteiger partial charge in [-0.25, -0.2) is 0 Å². The fraction of sp³-hybridized carbons (Fsp3) is 0.235. The molecule has 0 fully saturated rings. The van der Waals surface area contributed by atoms with Crippen molar-refractivity contribution in [2.45, 2.75) is 40.5 Å². The van der Waals surface area contributed by atoms with E-state index in [2.05, 4.69) is 137 Å². The molecular formula is C34H36N2. The summed E-state index contributed by atoms with van der Waals surface area (Å²) in [5.74, 6) is 0.230. The predicted octanol–water partition coefficient (Wildman–Crippen LogP) is 9.17. The average Bonchev–Trinajstić information content (AvgIpc) is 2.87. The first-order valence-corrected chi connectivity index (χ1v) is 12.9. The van der Waals surface area contributed by atoms with E-state index in [9.17, 15) is 0 Å². The molecule has 0 heterocycles. The van der Waals surface area contributed by atoms with Crippen molar-refractivity contribution in [1.82, 2.24) is 0 Å². The van der Waals surface area contributed by atoms with E-state index in [4.69, 9.17) is 5.73 Å². The van der Waals surface area contributed by atoms with Gasteiger partial charge in [-0.3, -0.25) is 0 Å². The van der Waals surface area contributed by atoms with Crippen LogP contribution in [0, 0.1) is 19.3 Å². The summed E-state index contributed by atoms with van der Waals surface area (Å²) in [6.45, 7) is 11.8. The molecule has 5 aromatic carbocycles. The molecule has 182 valence electrons. The lowest BCUT2D eigenvalue weighted by atomic mass is 9.73. The van der Waals surface area contributed by atoms with Crippen molar-refractivity contribution in [3.05, 3.63) is 114 Å². The summed E-state index contributed by atoms with van der Waals surface area (Å²) in [6.07, 6.45) is 0. The van der Waals surface area contributed by atoms with Crippen molar-refractivity contribution in [1.29, 1.82) is 0 Å². The fourth-order valence-electron chi connectivity index (χ4n) is 5.45. The Balaban J connectivity index is 1.93. The summed E-state index contributed by atoms with van der Waals surface area (Å²) in [7, 11) is 0. The monoisotopic (exact) mass is 472 g/mol. The number of hydrogen-bond donors (Lipinski definition) is 1. The maximum Gasteiger partial charge on any atom is 0.0618 e.